The van der Waals surface area contributed by atoms with Crippen molar-refractivity contribution in [2.75, 3.05) is 17.2 Å². The number of pyridine rings is 1. The molecular weight excluding hydrogens is 369 g/mol. The molecule has 7 heteroatoms. The predicted molar refractivity (Wildman–Crippen MR) is 111 cm³/mol. The molecule has 1 atom stereocenters. The van der Waals surface area contributed by atoms with Crippen LogP contribution in [0.3, 0.4) is 0 Å². The minimum atomic E-state index is -0.355. The number of anilines is 2. The molecule has 1 unspecified atom stereocenters. The number of aromatic nitrogens is 3. The topological polar surface area (TPSA) is 82.7 Å². The molecule has 1 amide bonds. The van der Waals surface area contributed by atoms with E-state index >= 15 is 0 Å². The first-order valence-electron chi connectivity index (χ1n) is 9.34. The number of amides is 1. The van der Waals surface area contributed by atoms with E-state index in [4.69, 9.17) is 0 Å². The van der Waals surface area contributed by atoms with Gasteiger partial charge in [-0.05, 0) is 54.3 Å². The number of halogens is 1. The lowest BCUT2D eigenvalue weighted by molar-refractivity contribution is 0.102. The molecule has 3 aromatic rings. The highest BCUT2D eigenvalue weighted by molar-refractivity contribution is 6.02. The van der Waals surface area contributed by atoms with Crippen LogP contribution >= 0.6 is 0 Å². The van der Waals surface area contributed by atoms with Crippen molar-refractivity contribution in [1.82, 2.24) is 15.2 Å². The van der Waals surface area contributed by atoms with Crippen molar-refractivity contribution in [2.45, 2.75) is 6.42 Å². The normalized spacial score (nSPS) is 15.3. The van der Waals surface area contributed by atoms with Crippen LogP contribution in [-0.2, 0) is 0 Å². The first-order valence-corrected chi connectivity index (χ1v) is 9.34. The fourth-order valence-corrected chi connectivity index (χ4v) is 3.02. The van der Waals surface area contributed by atoms with Crippen LogP contribution in [0.2, 0.25) is 0 Å². The summed E-state index contributed by atoms with van der Waals surface area (Å²) in [4.78, 5) is 16.9. The Bertz CT molecular complexity index is 1060. The van der Waals surface area contributed by atoms with E-state index < -0.39 is 0 Å². The standard InChI is InChI=1S/C22H20FN5O/c23-17-11-9-16(10-12-17)19-13-21(28-27-19)26-22(29)18-7-4-8-20(25-18)24-14-15-5-2-1-3-6-15/h1-5,7-13,15H,6,14H2,(H,24,25)(H2,26,27,28,29). The van der Waals surface area contributed by atoms with Crippen LogP contribution in [0, 0.1) is 11.7 Å². The maximum Gasteiger partial charge on any atom is 0.275 e. The van der Waals surface area contributed by atoms with Gasteiger partial charge in [0.2, 0.25) is 0 Å². The van der Waals surface area contributed by atoms with Crippen LogP contribution in [0.15, 0.2) is 72.8 Å². The maximum atomic E-state index is 13.1. The summed E-state index contributed by atoms with van der Waals surface area (Å²) in [6.45, 7) is 0.749. The van der Waals surface area contributed by atoms with E-state index in [1.165, 1.54) is 12.1 Å². The van der Waals surface area contributed by atoms with Gasteiger partial charge in [0.15, 0.2) is 5.82 Å². The van der Waals surface area contributed by atoms with E-state index in [0.717, 1.165) is 18.5 Å². The van der Waals surface area contributed by atoms with Crippen LogP contribution < -0.4 is 10.6 Å². The quantitative estimate of drug-likeness (QED) is 0.583. The van der Waals surface area contributed by atoms with Crippen molar-refractivity contribution >= 4 is 17.5 Å². The molecule has 0 saturated carbocycles. The summed E-state index contributed by atoms with van der Waals surface area (Å²) in [7, 11) is 0. The number of rotatable bonds is 6. The molecule has 0 fully saturated rings. The Balaban J connectivity index is 1.39. The molecule has 1 aromatic carbocycles. The fourth-order valence-electron chi connectivity index (χ4n) is 3.02. The number of benzene rings is 1. The molecule has 0 spiro atoms. The predicted octanol–water partition coefficient (Wildman–Crippen LogP) is 4.41. The molecule has 3 N–H and O–H groups in total. The lowest BCUT2D eigenvalue weighted by atomic mass is 10.0. The SMILES string of the molecule is O=C(Nc1cc(-c2ccc(F)cc2)[nH]n1)c1cccc(NCC2C=CC=CC2)n1. The third-order valence-electron chi connectivity index (χ3n) is 4.57. The number of nitrogens with one attached hydrogen (secondary N) is 3. The smallest absolute Gasteiger partial charge is 0.275 e. The van der Waals surface area contributed by atoms with E-state index in [2.05, 4.69) is 38.0 Å². The first kappa shape index (κ1) is 18.6. The number of hydrogen-bond acceptors (Lipinski definition) is 4. The lowest BCUT2D eigenvalue weighted by Gasteiger charge is -2.14. The molecule has 146 valence electrons. The molecule has 0 aliphatic heterocycles. The molecule has 0 radical (unpaired) electrons. The van der Waals surface area contributed by atoms with Gasteiger partial charge < -0.3 is 10.6 Å². The molecular formula is C22H20FN5O. The van der Waals surface area contributed by atoms with Crippen molar-refractivity contribution in [1.29, 1.82) is 0 Å². The third kappa shape index (κ3) is 4.76. The minimum Gasteiger partial charge on any atom is -0.369 e. The zero-order chi connectivity index (χ0) is 20.1. The Morgan fingerprint density at radius 1 is 1.14 bits per heavy atom. The summed E-state index contributed by atoms with van der Waals surface area (Å²) in [5.74, 6) is 0.764. The van der Waals surface area contributed by atoms with Gasteiger partial charge in [-0.15, -0.1) is 0 Å². The van der Waals surface area contributed by atoms with Crippen molar-refractivity contribution in [2.24, 2.45) is 5.92 Å². The van der Waals surface area contributed by atoms with Crippen LogP contribution in [0.25, 0.3) is 11.3 Å². The molecule has 2 heterocycles. The van der Waals surface area contributed by atoms with Crippen LogP contribution in [0.1, 0.15) is 16.9 Å². The van der Waals surface area contributed by atoms with E-state index in [1.54, 1.807) is 30.3 Å². The summed E-state index contributed by atoms with van der Waals surface area (Å²) in [5, 5.41) is 12.9. The Hall–Kier alpha value is -3.74. The summed E-state index contributed by atoms with van der Waals surface area (Å²) in [6.07, 6.45) is 9.35. The van der Waals surface area contributed by atoms with E-state index in [9.17, 15) is 9.18 Å². The van der Waals surface area contributed by atoms with Gasteiger partial charge in [-0.25, -0.2) is 9.37 Å². The van der Waals surface area contributed by atoms with Gasteiger partial charge in [0, 0.05) is 12.6 Å². The highest BCUT2D eigenvalue weighted by Crippen LogP contribution is 2.20. The molecule has 29 heavy (non-hydrogen) atoms. The van der Waals surface area contributed by atoms with Crippen molar-refractivity contribution in [3.8, 4) is 11.3 Å². The average molecular weight is 389 g/mol. The molecule has 6 nitrogen and oxygen atoms in total. The van der Waals surface area contributed by atoms with Crippen LogP contribution in [0.4, 0.5) is 16.0 Å². The van der Waals surface area contributed by atoms with E-state index in [-0.39, 0.29) is 11.7 Å². The number of aromatic amines is 1. The number of H-pyrrole nitrogens is 1. The Kier molecular flexibility index (Phi) is 5.47. The van der Waals surface area contributed by atoms with Gasteiger partial charge in [0.05, 0.1) is 5.69 Å². The average Bonchev–Trinajstić information content (AvgIpc) is 3.22. The number of nitrogens with zero attached hydrogens (tertiary/aromatic N) is 2. The zero-order valence-electron chi connectivity index (χ0n) is 15.6. The van der Waals surface area contributed by atoms with Gasteiger partial charge in [-0.2, -0.15) is 5.10 Å². The fraction of sp³-hybridized carbons (Fsp3) is 0.136. The number of carbonyl (C=O) groups is 1. The number of hydrogen-bond donors (Lipinski definition) is 3. The summed E-state index contributed by atoms with van der Waals surface area (Å²) in [6, 6.07) is 13.0. The molecule has 0 saturated heterocycles. The third-order valence-corrected chi connectivity index (χ3v) is 4.57. The van der Waals surface area contributed by atoms with E-state index in [1.807, 2.05) is 18.2 Å². The largest absolute Gasteiger partial charge is 0.369 e. The number of carbonyl (C=O) groups excluding carboxylic acids is 1. The van der Waals surface area contributed by atoms with Gasteiger partial charge >= 0.3 is 0 Å². The summed E-state index contributed by atoms with van der Waals surface area (Å²) in [5.41, 5.74) is 1.74. The second-order valence-electron chi connectivity index (χ2n) is 6.73. The van der Waals surface area contributed by atoms with Crippen molar-refractivity contribution in [3.63, 3.8) is 0 Å². The maximum absolute atomic E-state index is 13.1. The van der Waals surface area contributed by atoms with Crippen molar-refractivity contribution < 1.29 is 9.18 Å². The van der Waals surface area contributed by atoms with Gasteiger partial charge in [0.1, 0.15) is 17.3 Å². The molecule has 4 rings (SSSR count). The zero-order valence-corrected chi connectivity index (χ0v) is 15.6. The Labute approximate surface area is 167 Å². The van der Waals surface area contributed by atoms with Crippen LogP contribution in [0.5, 0.6) is 0 Å². The highest BCUT2D eigenvalue weighted by Gasteiger charge is 2.12. The molecule has 1 aliphatic carbocycles. The van der Waals surface area contributed by atoms with Gasteiger partial charge in [0.25, 0.3) is 5.91 Å². The van der Waals surface area contributed by atoms with Gasteiger partial charge in [-0.3, -0.25) is 9.89 Å². The Morgan fingerprint density at radius 2 is 2.00 bits per heavy atom. The Morgan fingerprint density at radius 3 is 2.79 bits per heavy atom. The summed E-state index contributed by atoms with van der Waals surface area (Å²) < 4.78 is 13.1. The molecule has 2 aromatic heterocycles. The lowest BCUT2D eigenvalue weighted by Crippen LogP contribution is -2.17. The first-order chi connectivity index (χ1) is 14.2. The number of allylic oxidation sites excluding steroid dienone is 3. The van der Waals surface area contributed by atoms with Crippen LogP contribution in [-0.4, -0.2) is 27.6 Å². The summed E-state index contributed by atoms with van der Waals surface area (Å²) >= 11 is 0. The molecule has 1 aliphatic rings. The van der Waals surface area contributed by atoms with E-state index in [0.29, 0.717) is 28.9 Å². The van der Waals surface area contributed by atoms with Crippen molar-refractivity contribution in [3.05, 3.63) is 84.3 Å². The second kappa shape index (κ2) is 8.52. The minimum absolute atomic E-state index is 0.292. The monoisotopic (exact) mass is 389 g/mol. The second-order valence-corrected chi connectivity index (χ2v) is 6.73. The molecule has 0 bridgehead atoms. The highest BCUT2D eigenvalue weighted by atomic mass is 19.1. The van der Waals surface area contributed by atoms with Gasteiger partial charge in [-0.1, -0.05) is 30.4 Å².